The van der Waals surface area contributed by atoms with Crippen LogP contribution in [0, 0.1) is 0 Å². The van der Waals surface area contributed by atoms with Crippen molar-refractivity contribution in [2.45, 2.75) is 52.0 Å². The highest BCUT2D eigenvalue weighted by molar-refractivity contribution is 7.11. The summed E-state index contributed by atoms with van der Waals surface area (Å²) in [6.07, 6.45) is 2.69. The van der Waals surface area contributed by atoms with Gasteiger partial charge >= 0.3 is 0 Å². The predicted octanol–water partition coefficient (Wildman–Crippen LogP) is 2.64. The predicted molar refractivity (Wildman–Crippen MR) is 72.7 cm³/mol. The Hall–Kier alpha value is -0.490. The Bertz CT molecular complexity index is 377. The van der Waals surface area contributed by atoms with Gasteiger partial charge in [0.15, 0.2) is 0 Å². The molecule has 0 saturated heterocycles. The molecule has 4 nitrogen and oxygen atoms in total. The van der Waals surface area contributed by atoms with E-state index >= 15 is 0 Å². The van der Waals surface area contributed by atoms with Crippen LogP contribution in [-0.4, -0.2) is 24.7 Å². The molecule has 1 fully saturated rings. The average Bonchev–Trinajstić information content (AvgIpc) is 3.09. The number of rotatable bonds is 8. The van der Waals surface area contributed by atoms with Gasteiger partial charge in [-0.1, -0.05) is 0 Å². The van der Waals surface area contributed by atoms with Gasteiger partial charge in [0.2, 0.25) is 0 Å². The van der Waals surface area contributed by atoms with Crippen molar-refractivity contribution in [3.05, 3.63) is 15.6 Å². The zero-order chi connectivity index (χ0) is 13.0. The summed E-state index contributed by atoms with van der Waals surface area (Å²) in [7, 11) is 1.71. The van der Waals surface area contributed by atoms with Crippen molar-refractivity contribution in [1.82, 2.24) is 10.3 Å². The number of aromatic nitrogens is 1. The fourth-order valence-electron chi connectivity index (χ4n) is 1.81. The maximum Gasteiger partial charge on any atom is 0.122 e. The first kappa shape index (κ1) is 13.9. The molecule has 1 unspecified atom stereocenters. The SMILES string of the molecule is CCOC(C)c1nc(COC)c(CNC2CC2)s1. The monoisotopic (exact) mass is 270 g/mol. The van der Waals surface area contributed by atoms with Gasteiger partial charge in [-0.25, -0.2) is 4.98 Å². The second-order valence-electron chi connectivity index (χ2n) is 4.61. The minimum absolute atomic E-state index is 0.0743. The van der Waals surface area contributed by atoms with Gasteiger partial charge < -0.3 is 14.8 Å². The van der Waals surface area contributed by atoms with Crippen molar-refractivity contribution in [3.8, 4) is 0 Å². The zero-order valence-corrected chi connectivity index (χ0v) is 12.2. The molecule has 18 heavy (non-hydrogen) atoms. The first-order valence-corrected chi connectivity index (χ1v) is 7.38. The Morgan fingerprint density at radius 3 is 2.89 bits per heavy atom. The molecule has 0 aliphatic heterocycles. The van der Waals surface area contributed by atoms with Gasteiger partial charge in [0.25, 0.3) is 0 Å². The van der Waals surface area contributed by atoms with Crippen molar-refractivity contribution in [2.24, 2.45) is 0 Å². The van der Waals surface area contributed by atoms with Crippen molar-refractivity contribution < 1.29 is 9.47 Å². The number of nitrogens with zero attached hydrogens (tertiary/aromatic N) is 1. The van der Waals surface area contributed by atoms with E-state index in [2.05, 4.69) is 17.2 Å². The van der Waals surface area contributed by atoms with E-state index in [0.717, 1.165) is 29.9 Å². The largest absolute Gasteiger partial charge is 0.378 e. The molecule has 1 aromatic heterocycles. The van der Waals surface area contributed by atoms with Crippen molar-refractivity contribution in [3.63, 3.8) is 0 Å². The number of methoxy groups -OCH3 is 1. The smallest absolute Gasteiger partial charge is 0.122 e. The molecule has 5 heteroatoms. The first-order chi connectivity index (χ1) is 8.74. The number of nitrogens with one attached hydrogen (secondary N) is 1. The van der Waals surface area contributed by atoms with Gasteiger partial charge in [-0.15, -0.1) is 11.3 Å². The molecule has 1 saturated carbocycles. The summed E-state index contributed by atoms with van der Waals surface area (Å²) >= 11 is 1.74. The number of thiazole rings is 1. The van der Waals surface area contributed by atoms with E-state index in [9.17, 15) is 0 Å². The topological polar surface area (TPSA) is 43.4 Å². The Morgan fingerprint density at radius 1 is 1.50 bits per heavy atom. The molecule has 0 amide bonds. The van der Waals surface area contributed by atoms with Gasteiger partial charge in [0.05, 0.1) is 12.3 Å². The van der Waals surface area contributed by atoms with Crippen LogP contribution in [0.4, 0.5) is 0 Å². The van der Waals surface area contributed by atoms with E-state index in [1.165, 1.54) is 17.7 Å². The van der Waals surface area contributed by atoms with Crippen LogP contribution in [-0.2, 0) is 22.6 Å². The second kappa shape index (κ2) is 6.61. The van der Waals surface area contributed by atoms with E-state index in [4.69, 9.17) is 9.47 Å². The van der Waals surface area contributed by atoms with Gasteiger partial charge in [-0.05, 0) is 26.7 Å². The third-order valence-corrected chi connectivity index (χ3v) is 4.23. The van der Waals surface area contributed by atoms with Crippen molar-refractivity contribution >= 4 is 11.3 Å². The standard InChI is InChI=1S/C13H22N2O2S/c1-4-17-9(2)13-15-11(8-16-3)12(18-13)7-14-10-5-6-10/h9-10,14H,4-8H2,1-3H3. The summed E-state index contributed by atoms with van der Waals surface area (Å²) < 4.78 is 10.8. The van der Waals surface area contributed by atoms with Crippen LogP contribution < -0.4 is 5.32 Å². The molecule has 1 aliphatic rings. The minimum atomic E-state index is 0.0743. The molecular formula is C13H22N2O2S. The van der Waals surface area contributed by atoms with E-state index in [1.807, 2.05) is 6.92 Å². The Balaban J connectivity index is 2.03. The third kappa shape index (κ3) is 3.75. The van der Waals surface area contributed by atoms with E-state index < -0.39 is 0 Å². The minimum Gasteiger partial charge on any atom is -0.378 e. The maximum atomic E-state index is 5.60. The third-order valence-electron chi connectivity index (χ3n) is 2.97. The molecule has 1 heterocycles. The maximum absolute atomic E-state index is 5.60. The van der Waals surface area contributed by atoms with Crippen LogP contribution in [0.25, 0.3) is 0 Å². The molecular weight excluding hydrogens is 248 g/mol. The zero-order valence-electron chi connectivity index (χ0n) is 11.4. The summed E-state index contributed by atoms with van der Waals surface area (Å²) in [5, 5.41) is 4.58. The number of ether oxygens (including phenoxy) is 2. The molecule has 2 rings (SSSR count). The van der Waals surface area contributed by atoms with Crippen LogP contribution in [0.3, 0.4) is 0 Å². The highest BCUT2D eigenvalue weighted by atomic mass is 32.1. The van der Waals surface area contributed by atoms with Gasteiger partial charge in [0, 0.05) is 31.2 Å². The number of hydrogen-bond acceptors (Lipinski definition) is 5. The summed E-state index contributed by atoms with van der Waals surface area (Å²) in [5.74, 6) is 0. The molecule has 0 radical (unpaired) electrons. The van der Waals surface area contributed by atoms with E-state index in [-0.39, 0.29) is 6.10 Å². The van der Waals surface area contributed by atoms with Crippen LogP contribution in [0.5, 0.6) is 0 Å². The molecule has 0 spiro atoms. The normalized spacial score (nSPS) is 17.1. The summed E-state index contributed by atoms with van der Waals surface area (Å²) in [6.45, 7) is 6.26. The highest BCUT2D eigenvalue weighted by Gasteiger charge is 2.22. The Morgan fingerprint density at radius 2 is 2.28 bits per heavy atom. The Kier molecular flexibility index (Phi) is 5.12. The van der Waals surface area contributed by atoms with Gasteiger partial charge in [-0.2, -0.15) is 0 Å². The lowest BCUT2D eigenvalue weighted by Gasteiger charge is -2.06. The lowest BCUT2D eigenvalue weighted by atomic mass is 10.3. The average molecular weight is 270 g/mol. The lowest BCUT2D eigenvalue weighted by Crippen LogP contribution is -2.15. The fourth-order valence-corrected chi connectivity index (χ4v) is 2.83. The summed E-state index contributed by atoms with van der Waals surface area (Å²) in [6, 6.07) is 0.718. The van der Waals surface area contributed by atoms with Gasteiger partial charge in [-0.3, -0.25) is 0 Å². The van der Waals surface area contributed by atoms with Crippen molar-refractivity contribution in [1.29, 1.82) is 0 Å². The molecule has 0 bridgehead atoms. The molecule has 1 atom stereocenters. The van der Waals surface area contributed by atoms with Crippen LogP contribution in [0.15, 0.2) is 0 Å². The molecule has 1 aromatic rings. The van der Waals surface area contributed by atoms with Gasteiger partial charge in [0.1, 0.15) is 11.1 Å². The quantitative estimate of drug-likeness (QED) is 0.788. The van der Waals surface area contributed by atoms with Crippen LogP contribution in [0.1, 0.15) is 48.4 Å². The number of hydrogen-bond donors (Lipinski definition) is 1. The first-order valence-electron chi connectivity index (χ1n) is 6.57. The highest BCUT2D eigenvalue weighted by Crippen LogP contribution is 2.28. The van der Waals surface area contributed by atoms with Crippen LogP contribution in [0.2, 0.25) is 0 Å². The summed E-state index contributed by atoms with van der Waals surface area (Å²) in [5.41, 5.74) is 1.05. The van der Waals surface area contributed by atoms with Crippen molar-refractivity contribution in [2.75, 3.05) is 13.7 Å². The summed E-state index contributed by atoms with van der Waals surface area (Å²) in [4.78, 5) is 5.93. The molecule has 1 N–H and O–H groups in total. The van der Waals surface area contributed by atoms with E-state index in [1.54, 1.807) is 18.4 Å². The van der Waals surface area contributed by atoms with Crippen LogP contribution >= 0.6 is 11.3 Å². The second-order valence-corrected chi connectivity index (χ2v) is 5.72. The molecule has 1 aliphatic carbocycles. The molecule has 102 valence electrons. The molecule has 0 aromatic carbocycles. The fraction of sp³-hybridized carbons (Fsp3) is 0.769. The van der Waals surface area contributed by atoms with E-state index in [0.29, 0.717) is 6.61 Å². The lowest BCUT2D eigenvalue weighted by molar-refractivity contribution is 0.0758. The Labute approximate surface area is 113 Å².